The number of rotatable bonds is 26. The highest BCUT2D eigenvalue weighted by Gasteiger charge is 2.38. The molecule has 0 aromatic rings. The van der Waals surface area contributed by atoms with Gasteiger partial charge in [-0.15, -0.1) is 0 Å². The first-order chi connectivity index (χ1) is 16.0. The summed E-state index contributed by atoms with van der Waals surface area (Å²) in [6.07, 6.45) is 22.0. The molecule has 0 saturated heterocycles. The lowest BCUT2D eigenvalue weighted by Crippen LogP contribution is -2.22. The van der Waals surface area contributed by atoms with Gasteiger partial charge in [0.2, 0.25) is 0 Å². The lowest BCUT2D eigenvalue weighted by molar-refractivity contribution is -0.178. The van der Waals surface area contributed by atoms with Crippen molar-refractivity contribution < 1.29 is 13.2 Å². The maximum Gasteiger partial charge on any atom is 0.391 e. The zero-order chi connectivity index (χ0) is 24.5. The molecular weight excluding hydrogens is 421 g/mol. The highest BCUT2D eigenvalue weighted by atomic mass is 19.4. The van der Waals surface area contributed by atoms with Crippen LogP contribution in [-0.4, -0.2) is 19.3 Å². The van der Waals surface area contributed by atoms with Gasteiger partial charge < -0.3 is 11.5 Å². The summed E-state index contributed by atoms with van der Waals surface area (Å²) in [6, 6.07) is 0. The van der Waals surface area contributed by atoms with E-state index in [9.17, 15) is 13.2 Å². The molecule has 0 aromatic carbocycles. The van der Waals surface area contributed by atoms with Gasteiger partial charge in [-0.1, -0.05) is 128 Å². The van der Waals surface area contributed by atoms with Crippen molar-refractivity contribution in [3.63, 3.8) is 0 Å². The van der Waals surface area contributed by atoms with Crippen LogP contribution in [0.25, 0.3) is 0 Å². The van der Waals surface area contributed by atoms with Gasteiger partial charge in [0.25, 0.3) is 0 Å². The Morgan fingerprint density at radius 3 is 0.788 bits per heavy atom. The molecule has 0 atom stereocenters. The summed E-state index contributed by atoms with van der Waals surface area (Å²) in [4.78, 5) is 0. The second-order valence-electron chi connectivity index (χ2n) is 10.2. The van der Waals surface area contributed by atoms with Crippen molar-refractivity contribution in [3.8, 4) is 0 Å². The van der Waals surface area contributed by atoms with Gasteiger partial charge in [0.1, 0.15) is 0 Å². The van der Waals surface area contributed by atoms with Gasteiger partial charge in [0, 0.05) is 0 Å². The normalized spacial score (nSPS) is 12.2. The topological polar surface area (TPSA) is 52.0 Å². The molecular formula is C28H57F3N2. The number of unbranched alkanes of at least 4 members (excludes halogenated alkanes) is 20. The molecule has 0 amide bonds. The van der Waals surface area contributed by atoms with Crippen LogP contribution in [0, 0.1) is 5.92 Å². The Morgan fingerprint density at radius 2 is 0.576 bits per heavy atom. The van der Waals surface area contributed by atoms with Gasteiger partial charge in [0.05, 0.1) is 5.92 Å². The van der Waals surface area contributed by atoms with Gasteiger partial charge >= 0.3 is 6.18 Å². The fourth-order valence-corrected chi connectivity index (χ4v) is 4.72. The van der Waals surface area contributed by atoms with E-state index in [1.54, 1.807) is 0 Å². The first-order valence-corrected chi connectivity index (χ1v) is 14.5. The minimum atomic E-state index is -4.02. The second-order valence-corrected chi connectivity index (χ2v) is 10.2. The average Bonchev–Trinajstić information content (AvgIpc) is 2.78. The van der Waals surface area contributed by atoms with Crippen molar-refractivity contribution in [2.75, 3.05) is 13.1 Å². The summed E-state index contributed by atoms with van der Waals surface area (Å²) in [5.41, 5.74) is 11.0. The van der Waals surface area contributed by atoms with Crippen molar-refractivity contribution in [1.82, 2.24) is 0 Å². The third-order valence-corrected chi connectivity index (χ3v) is 6.98. The zero-order valence-corrected chi connectivity index (χ0v) is 21.8. The summed E-state index contributed by atoms with van der Waals surface area (Å²) in [7, 11) is 0. The minimum absolute atomic E-state index is 0.328. The van der Waals surface area contributed by atoms with Gasteiger partial charge in [0.15, 0.2) is 0 Å². The van der Waals surface area contributed by atoms with E-state index in [-0.39, 0.29) is 0 Å². The molecule has 2 nitrogen and oxygen atoms in total. The van der Waals surface area contributed by atoms with Crippen LogP contribution in [0.4, 0.5) is 13.2 Å². The second kappa shape index (κ2) is 24.8. The summed E-state index contributed by atoms with van der Waals surface area (Å²) in [5, 5.41) is 0. The molecule has 5 heteroatoms. The van der Waals surface area contributed by atoms with Crippen LogP contribution in [0.1, 0.15) is 154 Å². The van der Waals surface area contributed by atoms with E-state index >= 15 is 0 Å². The number of alkyl halides is 3. The van der Waals surface area contributed by atoms with E-state index in [1.807, 2.05) is 0 Å². The minimum Gasteiger partial charge on any atom is -0.330 e. The van der Waals surface area contributed by atoms with Crippen molar-refractivity contribution in [2.24, 2.45) is 17.4 Å². The fourth-order valence-electron chi connectivity index (χ4n) is 4.72. The monoisotopic (exact) mass is 478 g/mol. The first-order valence-electron chi connectivity index (χ1n) is 14.5. The van der Waals surface area contributed by atoms with E-state index in [4.69, 9.17) is 11.5 Å². The summed E-state index contributed by atoms with van der Waals surface area (Å²) in [5.74, 6) is -1.08. The molecule has 0 unspecified atom stereocenters. The van der Waals surface area contributed by atoms with E-state index in [0.29, 0.717) is 12.8 Å². The molecule has 0 spiro atoms. The fraction of sp³-hybridized carbons (Fsp3) is 1.00. The number of halogens is 3. The zero-order valence-electron chi connectivity index (χ0n) is 21.8. The Labute approximate surface area is 204 Å². The van der Waals surface area contributed by atoms with Crippen LogP contribution < -0.4 is 11.5 Å². The van der Waals surface area contributed by atoms with Crippen LogP contribution in [-0.2, 0) is 0 Å². The first kappa shape index (κ1) is 32.7. The van der Waals surface area contributed by atoms with Crippen molar-refractivity contribution in [2.45, 2.75) is 160 Å². The molecule has 0 radical (unpaired) electrons. The van der Waals surface area contributed by atoms with E-state index in [0.717, 1.165) is 64.5 Å². The molecule has 0 aliphatic carbocycles. The Morgan fingerprint density at radius 1 is 0.364 bits per heavy atom. The molecule has 0 bridgehead atoms. The Bertz CT molecular complexity index is 347. The number of hydrogen-bond acceptors (Lipinski definition) is 2. The van der Waals surface area contributed by atoms with Gasteiger partial charge in [-0.25, -0.2) is 0 Å². The largest absolute Gasteiger partial charge is 0.391 e. The van der Waals surface area contributed by atoms with E-state index in [1.165, 1.54) is 89.9 Å². The molecule has 0 heterocycles. The summed E-state index contributed by atoms with van der Waals surface area (Å²) in [6.45, 7) is 1.60. The molecule has 200 valence electrons. The Kier molecular flexibility index (Phi) is 24.6. The van der Waals surface area contributed by atoms with E-state index in [2.05, 4.69) is 0 Å². The third-order valence-electron chi connectivity index (χ3n) is 6.98. The van der Waals surface area contributed by atoms with E-state index < -0.39 is 12.1 Å². The SMILES string of the molecule is NCCCCCCCCCCCCCC(CCCCCCCCCCCCCN)C(F)(F)F. The maximum atomic E-state index is 13.4. The van der Waals surface area contributed by atoms with Crippen LogP contribution in [0.5, 0.6) is 0 Å². The summed E-state index contributed by atoms with van der Waals surface area (Å²) >= 11 is 0. The molecule has 4 N–H and O–H groups in total. The maximum absolute atomic E-state index is 13.4. The molecule has 0 fully saturated rings. The number of nitrogens with two attached hydrogens (primary N) is 2. The lowest BCUT2D eigenvalue weighted by Gasteiger charge is -2.20. The smallest absolute Gasteiger partial charge is 0.330 e. The quantitative estimate of drug-likeness (QED) is 0.122. The number of hydrogen-bond donors (Lipinski definition) is 2. The molecule has 0 aliphatic heterocycles. The van der Waals surface area contributed by atoms with Crippen molar-refractivity contribution in [1.29, 1.82) is 0 Å². The average molecular weight is 479 g/mol. The molecule has 0 aliphatic rings. The Hall–Kier alpha value is -0.290. The van der Waals surface area contributed by atoms with Crippen LogP contribution in [0.2, 0.25) is 0 Å². The Balaban J connectivity index is 3.56. The van der Waals surface area contributed by atoms with Crippen LogP contribution in [0.15, 0.2) is 0 Å². The van der Waals surface area contributed by atoms with Gasteiger partial charge in [-0.3, -0.25) is 0 Å². The van der Waals surface area contributed by atoms with Crippen molar-refractivity contribution in [3.05, 3.63) is 0 Å². The molecule has 0 aromatic heterocycles. The molecule has 33 heavy (non-hydrogen) atoms. The van der Waals surface area contributed by atoms with Crippen LogP contribution in [0.3, 0.4) is 0 Å². The third kappa shape index (κ3) is 24.6. The predicted octanol–water partition coefficient (Wildman–Crippen LogP) is 9.44. The lowest BCUT2D eigenvalue weighted by atomic mass is 9.93. The molecule has 0 saturated carbocycles. The highest BCUT2D eigenvalue weighted by molar-refractivity contribution is 4.68. The van der Waals surface area contributed by atoms with Gasteiger partial charge in [-0.05, 0) is 38.8 Å². The predicted molar refractivity (Wildman–Crippen MR) is 138 cm³/mol. The summed E-state index contributed by atoms with van der Waals surface area (Å²) < 4.78 is 40.1. The highest BCUT2D eigenvalue weighted by Crippen LogP contribution is 2.34. The molecule has 0 rings (SSSR count). The van der Waals surface area contributed by atoms with Crippen molar-refractivity contribution >= 4 is 0 Å². The van der Waals surface area contributed by atoms with Crippen LogP contribution >= 0.6 is 0 Å². The standard InChI is InChI=1S/C28H57F3N2/c29-28(30,31)27(23-19-15-11-7-3-1-5-9-13-17-21-25-32)24-20-16-12-8-4-2-6-10-14-18-22-26-33/h27H,1-26,32-33H2. The van der Waals surface area contributed by atoms with Gasteiger partial charge in [-0.2, -0.15) is 13.2 Å².